The Hall–Kier alpha value is -1.48. The molecule has 0 radical (unpaired) electrons. The molecule has 0 fully saturated rings. The summed E-state index contributed by atoms with van der Waals surface area (Å²) in [5.74, 6) is 0.294. The van der Waals surface area contributed by atoms with Crippen LogP contribution in [0.2, 0.25) is 0 Å². The Bertz CT molecular complexity index is 501. The van der Waals surface area contributed by atoms with Gasteiger partial charge < -0.3 is 14.8 Å². The fraction of sp³-hybridized carbons (Fsp3) is 0.273. The van der Waals surface area contributed by atoms with Gasteiger partial charge in [-0.1, -0.05) is 0 Å². The van der Waals surface area contributed by atoms with Crippen LogP contribution < -0.4 is 0 Å². The molecule has 1 aliphatic rings. The molecule has 0 spiro atoms. The molecule has 72 valence electrons. The summed E-state index contributed by atoms with van der Waals surface area (Å²) in [4.78, 5) is 0. The second-order valence-electron chi connectivity index (χ2n) is 3.85. The molecule has 3 nitrogen and oxygen atoms in total. The number of hydrogen-bond donors (Lipinski definition) is 2. The minimum Gasteiger partial charge on any atom is -0.508 e. The van der Waals surface area contributed by atoms with Gasteiger partial charge in [0.05, 0.1) is 6.10 Å². The van der Waals surface area contributed by atoms with Gasteiger partial charge in [-0.2, -0.15) is 0 Å². The third kappa shape index (κ3) is 0.960. The van der Waals surface area contributed by atoms with E-state index >= 15 is 0 Å². The van der Waals surface area contributed by atoms with Crippen molar-refractivity contribution >= 4 is 10.9 Å². The Labute approximate surface area is 81.2 Å². The molecule has 3 heteroatoms. The Morgan fingerprint density at radius 3 is 3.00 bits per heavy atom. The van der Waals surface area contributed by atoms with Gasteiger partial charge >= 0.3 is 0 Å². The number of phenols is 1. The van der Waals surface area contributed by atoms with Gasteiger partial charge in [0, 0.05) is 29.6 Å². The van der Waals surface area contributed by atoms with Crippen molar-refractivity contribution in [3.63, 3.8) is 0 Å². The lowest BCUT2D eigenvalue weighted by molar-refractivity contribution is 0.176. The number of aliphatic hydroxyl groups is 1. The van der Waals surface area contributed by atoms with Crippen molar-refractivity contribution in [1.29, 1.82) is 0 Å². The van der Waals surface area contributed by atoms with E-state index in [4.69, 9.17) is 0 Å². The molecule has 1 aliphatic heterocycles. The van der Waals surface area contributed by atoms with Crippen LogP contribution in [0.4, 0.5) is 0 Å². The van der Waals surface area contributed by atoms with Crippen LogP contribution >= 0.6 is 0 Å². The molecule has 14 heavy (non-hydrogen) atoms. The molecule has 2 aromatic rings. The molecule has 0 saturated carbocycles. The lowest BCUT2D eigenvalue weighted by Crippen LogP contribution is -2.06. The van der Waals surface area contributed by atoms with E-state index in [1.807, 2.05) is 12.1 Å². The van der Waals surface area contributed by atoms with Gasteiger partial charge in [0.15, 0.2) is 0 Å². The lowest BCUT2D eigenvalue weighted by Gasteiger charge is -2.01. The van der Waals surface area contributed by atoms with Crippen LogP contribution in [0.25, 0.3) is 10.9 Å². The summed E-state index contributed by atoms with van der Waals surface area (Å²) in [6, 6.07) is 7.37. The third-order valence-corrected chi connectivity index (χ3v) is 2.81. The van der Waals surface area contributed by atoms with Gasteiger partial charge in [-0.25, -0.2) is 0 Å². The summed E-state index contributed by atoms with van der Waals surface area (Å²) in [6.45, 7) is 0.670. The summed E-state index contributed by atoms with van der Waals surface area (Å²) >= 11 is 0. The van der Waals surface area contributed by atoms with Crippen molar-refractivity contribution in [3.05, 3.63) is 30.0 Å². The Morgan fingerprint density at radius 2 is 2.14 bits per heavy atom. The van der Waals surface area contributed by atoms with Crippen molar-refractivity contribution in [2.75, 3.05) is 0 Å². The first-order chi connectivity index (χ1) is 6.74. The van der Waals surface area contributed by atoms with Crippen molar-refractivity contribution in [1.82, 2.24) is 4.57 Å². The molecule has 0 saturated heterocycles. The van der Waals surface area contributed by atoms with Crippen molar-refractivity contribution in [2.24, 2.45) is 0 Å². The fourth-order valence-electron chi connectivity index (χ4n) is 2.22. The second-order valence-corrected chi connectivity index (χ2v) is 3.85. The molecule has 0 bridgehead atoms. The van der Waals surface area contributed by atoms with E-state index in [0.717, 1.165) is 23.0 Å². The summed E-state index contributed by atoms with van der Waals surface area (Å²) < 4.78 is 2.11. The SMILES string of the molecule is Oc1ccc2c(c1)cc1n2CC(O)C1. The number of aromatic hydroxyl groups is 1. The first-order valence-electron chi connectivity index (χ1n) is 4.73. The maximum atomic E-state index is 9.48. The van der Waals surface area contributed by atoms with Gasteiger partial charge in [-0.15, -0.1) is 0 Å². The number of nitrogens with zero attached hydrogens (tertiary/aromatic N) is 1. The van der Waals surface area contributed by atoms with E-state index in [2.05, 4.69) is 4.57 Å². The maximum Gasteiger partial charge on any atom is 0.116 e. The Morgan fingerprint density at radius 1 is 1.29 bits per heavy atom. The molecule has 0 aliphatic carbocycles. The largest absolute Gasteiger partial charge is 0.508 e. The number of fused-ring (bicyclic) bond motifs is 3. The Balaban J connectivity index is 2.28. The number of phenolic OH excluding ortho intramolecular Hbond substituents is 1. The summed E-state index contributed by atoms with van der Waals surface area (Å²) in [5, 5.41) is 19.8. The number of hydrogen-bond acceptors (Lipinski definition) is 2. The highest BCUT2D eigenvalue weighted by molar-refractivity contribution is 5.83. The van der Waals surface area contributed by atoms with E-state index in [-0.39, 0.29) is 6.10 Å². The smallest absolute Gasteiger partial charge is 0.116 e. The first-order valence-corrected chi connectivity index (χ1v) is 4.73. The van der Waals surface area contributed by atoms with Crippen molar-refractivity contribution in [2.45, 2.75) is 19.1 Å². The number of benzene rings is 1. The Kier molecular flexibility index (Phi) is 1.42. The van der Waals surface area contributed by atoms with E-state index < -0.39 is 0 Å². The minimum absolute atomic E-state index is 0.247. The summed E-state index contributed by atoms with van der Waals surface area (Å²) in [5.41, 5.74) is 2.24. The van der Waals surface area contributed by atoms with Crippen LogP contribution in [0.3, 0.4) is 0 Å². The average Bonchev–Trinajstić information content (AvgIpc) is 2.59. The van der Waals surface area contributed by atoms with E-state index in [0.29, 0.717) is 12.3 Å². The molecule has 3 rings (SSSR count). The fourth-order valence-corrected chi connectivity index (χ4v) is 2.22. The van der Waals surface area contributed by atoms with Crippen LogP contribution in [0, 0.1) is 0 Å². The topological polar surface area (TPSA) is 45.4 Å². The predicted octanol–water partition coefficient (Wildman–Crippen LogP) is 1.26. The van der Waals surface area contributed by atoms with Crippen LogP contribution in [0.1, 0.15) is 5.69 Å². The molecular weight excluding hydrogens is 178 g/mol. The highest BCUT2D eigenvalue weighted by Gasteiger charge is 2.21. The van der Waals surface area contributed by atoms with Gasteiger partial charge in [-0.05, 0) is 24.3 Å². The quantitative estimate of drug-likeness (QED) is 0.655. The van der Waals surface area contributed by atoms with Crippen LogP contribution in [-0.4, -0.2) is 20.9 Å². The third-order valence-electron chi connectivity index (χ3n) is 2.81. The molecule has 1 aromatic heterocycles. The molecule has 0 amide bonds. The lowest BCUT2D eigenvalue weighted by atomic mass is 10.2. The van der Waals surface area contributed by atoms with E-state index in [9.17, 15) is 10.2 Å². The standard InChI is InChI=1S/C11H11NO2/c13-9-1-2-11-7(4-9)3-8-5-10(14)6-12(8)11/h1-4,10,13-14H,5-6H2. The number of rotatable bonds is 0. The summed E-state index contributed by atoms with van der Waals surface area (Å²) in [7, 11) is 0. The molecule has 1 unspecified atom stereocenters. The maximum absolute atomic E-state index is 9.48. The number of aliphatic hydroxyl groups excluding tert-OH is 1. The zero-order chi connectivity index (χ0) is 9.71. The van der Waals surface area contributed by atoms with Gasteiger partial charge in [0.1, 0.15) is 5.75 Å². The molecular formula is C11H11NO2. The van der Waals surface area contributed by atoms with Crippen molar-refractivity contribution in [3.8, 4) is 5.75 Å². The zero-order valence-corrected chi connectivity index (χ0v) is 7.64. The average molecular weight is 189 g/mol. The molecule has 1 aromatic carbocycles. The molecule has 2 heterocycles. The van der Waals surface area contributed by atoms with Gasteiger partial charge in [0.25, 0.3) is 0 Å². The van der Waals surface area contributed by atoms with Crippen LogP contribution in [0.5, 0.6) is 5.75 Å². The van der Waals surface area contributed by atoms with Crippen LogP contribution in [0.15, 0.2) is 24.3 Å². The highest BCUT2D eigenvalue weighted by atomic mass is 16.3. The predicted molar refractivity (Wildman–Crippen MR) is 53.3 cm³/mol. The molecule has 2 N–H and O–H groups in total. The van der Waals surface area contributed by atoms with E-state index in [1.165, 1.54) is 0 Å². The first kappa shape index (κ1) is 7.88. The van der Waals surface area contributed by atoms with Crippen molar-refractivity contribution < 1.29 is 10.2 Å². The monoisotopic (exact) mass is 189 g/mol. The molecule has 1 atom stereocenters. The minimum atomic E-state index is -0.247. The van der Waals surface area contributed by atoms with Gasteiger partial charge in [0.2, 0.25) is 0 Å². The van der Waals surface area contributed by atoms with Crippen LogP contribution in [-0.2, 0) is 13.0 Å². The summed E-state index contributed by atoms with van der Waals surface area (Å²) in [6.07, 6.45) is 0.471. The highest BCUT2D eigenvalue weighted by Crippen LogP contribution is 2.28. The normalized spacial score (nSPS) is 20.2. The number of aromatic nitrogens is 1. The second kappa shape index (κ2) is 2.51. The van der Waals surface area contributed by atoms with Gasteiger partial charge in [-0.3, -0.25) is 0 Å². The zero-order valence-electron chi connectivity index (χ0n) is 7.64. The van der Waals surface area contributed by atoms with E-state index in [1.54, 1.807) is 12.1 Å².